The number of carbonyl (C=O) groups excluding carboxylic acids is 2. The fraction of sp³-hybridized carbons (Fsp3) is 0.650. The highest BCUT2D eigenvalue weighted by atomic mass is 33.1. The van der Waals surface area contributed by atoms with Crippen LogP contribution in [0.15, 0.2) is 29.4 Å². The molecule has 0 spiro atoms. The van der Waals surface area contributed by atoms with Crippen molar-refractivity contribution in [3.05, 3.63) is 24.4 Å². The van der Waals surface area contributed by atoms with Crippen LogP contribution in [0.3, 0.4) is 0 Å². The average molecular weight is 427 g/mol. The molecule has 1 amide bonds. The van der Waals surface area contributed by atoms with E-state index in [1.54, 1.807) is 27.8 Å². The molecular weight excluding hydrogens is 396 g/mol. The topological polar surface area (TPSA) is 68.7 Å². The summed E-state index contributed by atoms with van der Waals surface area (Å²) in [4.78, 5) is 32.9. The van der Waals surface area contributed by atoms with Gasteiger partial charge in [0, 0.05) is 24.0 Å². The number of ether oxygens (including phenoxy) is 1. The number of hydroxylamine groups is 2. The molecule has 8 heteroatoms. The molecule has 0 saturated carbocycles. The summed E-state index contributed by atoms with van der Waals surface area (Å²) >= 11 is 0. The van der Waals surface area contributed by atoms with Crippen LogP contribution < -0.4 is 0 Å². The first-order valence-corrected chi connectivity index (χ1v) is 11.7. The van der Waals surface area contributed by atoms with Gasteiger partial charge in [-0.05, 0) is 69.9 Å². The van der Waals surface area contributed by atoms with Gasteiger partial charge in [-0.3, -0.25) is 4.79 Å². The van der Waals surface area contributed by atoms with Crippen molar-refractivity contribution in [1.29, 1.82) is 0 Å². The Labute approximate surface area is 175 Å². The molecule has 1 aliphatic rings. The summed E-state index contributed by atoms with van der Waals surface area (Å²) in [6.45, 7) is 9.43. The van der Waals surface area contributed by atoms with Crippen LogP contribution in [0.5, 0.6) is 0 Å². The van der Waals surface area contributed by atoms with Crippen LogP contribution in [-0.4, -0.2) is 45.4 Å². The number of aromatic nitrogens is 1. The van der Waals surface area contributed by atoms with Crippen LogP contribution in [0.2, 0.25) is 0 Å². The zero-order chi connectivity index (χ0) is 20.6. The van der Waals surface area contributed by atoms with Crippen molar-refractivity contribution in [3.63, 3.8) is 0 Å². The van der Waals surface area contributed by atoms with Gasteiger partial charge in [-0.1, -0.05) is 16.9 Å². The molecular formula is C20H30N2O4S2. The summed E-state index contributed by atoms with van der Waals surface area (Å²) in [5.74, 6) is -0.498. The molecule has 2 rings (SSSR count). The Morgan fingerprint density at radius 2 is 2.04 bits per heavy atom. The molecule has 0 unspecified atom stereocenters. The third-order valence-corrected chi connectivity index (χ3v) is 7.63. The maximum absolute atomic E-state index is 12.0. The summed E-state index contributed by atoms with van der Waals surface area (Å²) in [6.07, 6.45) is 4.65. The minimum Gasteiger partial charge on any atom is -0.376 e. The predicted octanol–water partition coefficient (Wildman–Crippen LogP) is 4.65. The van der Waals surface area contributed by atoms with Gasteiger partial charge in [-0.15, -0.1) is 0 Å². The maximum atomic E-state index is 12.0. The monoisotopic (exact) mass is 426 g/mol. The molecule has 1 aromatic rings. The smallest absolute Gasteiger partial charge is 0.332 e. The maximum Gasteiger partial charge on any atom is 0.332 e. The number of pyridine rings is 1. The van der Waals surface area contributed by atoms with E-state index in [-0.39, 0.29) is 23.0 Å². The molecule has 1 fully saturated rings. The number of hydrogen-bond acceptors (Lipinski definition) is 7. The molecule has 1 aromatic heterocycles. The third kappa shape index (κ3) is 8.41. The standard InChI is InChI=1S/C20H30N2O4S2/c1-19(2,11-10-18(24)26-22-14-7-9-17(22)23)25-15-12-20(3,4)28-27-16-8-5-6-13-21-16/h5-6,8,13H,7,9-12,14-15H2,1-4H3. The highest BCUT2D eigenvalue weighted by Gasteiger charge is 2.27. The second-order valence-electron chi connectivity index (χ2n) is 8.02. The van der Waals surface area contributed by atoms with Crippen LogP contribution in [0, 0.1) is 0 Å². The van der Waals surface area contributed by atoms with Crippen molar-refractivity contribution in [3.8, 4) is 0 Å². The molecule has 0 N–H and O–H groups in total. The van der Waals surface area contributed by atoms with Gasteiger partial charge in [0.25, 0.3) is 5.91 Å². The number of nitrogens with zero attached hydrogens (tertiary/aromatic N) is 2. The van der Waals surface area contributed by atoms with E-state index in [9.17, 15) is 9.59 Å². The Bertz CT molecular complexity index is 653. The second-order valence-corrected chi connectivity index (χ2v) is 10.9. The summed E-state index contributed by atoms with van der Waals surface area (Å²) in [7, 11) is 3.45. The zero-order valence-corrected chi connectivity index (χ0v) is 18.7. The fourth-order valence-corrected chi connectivity index (χ4v) is 4.72. The minimum absolute atomic E-state index is 0.0350. The van der Waals surface area contributed by atoms with E-state index < -0.39 is 5.60 Å². The molecule has 0 aliphatic carbocycles. The molecule has 28 heavy (non-hydrogen) atoms. The van der Waals surface area contributed by atoms with Gasteiger partial charge < -0.3 is 9.57 Å². The summed E-state index contributed by atoms with van der Waals surface area (Å²) in [5, 5.41) is 2.17. The first kappa shape index (κ1) is 23.0. The van der Waals surface area contributed by atoms with E-state index >= 15 is 0 Å². The van der Waals surface area contributed by atoms with E-state index in [0.717, 1.165) is 17.9 Å². The molecule has 0 radical (unpaired) electrons. The van der Waals surface area contributed by atoms with Gasteiger partial charge >= 0.3 is 5.97 Å². The van der Waals surface area contributed by atoms with E-state index in [1.807, 2.05) is 32.0 Å². The van der Waals surface area contributed by atoms with Crippen molar-refractivity contribution >= 4 is 33.5 Å². The average Bonchev–Trinajstić information content (AvgIpc) is 3.04. The zero-order valence-electron chi connectivity index (χ0n) is 17.1. The Kier molecular flexibility index (Phi) is 8.64. The van der Waals surface area contributed by atoms with Crippen LogP contribution in [-0.2, 0) is 19.2 Å². The second kappa shape index (κ2) is 10.5. The van der Waals surface area contributed by atoms with Crippen LogP contribution in [0.1, 0.15) is 59.8 Å². The van der Waals surface area contributed by atoms with Gasteiger partial charge in [0.1, 0.15) is 5.03 Å². The Morgan fingerprint density at radius 3 is 2.68 bits per heavy atom. The van der Waals surface area contributed by atoms with Crippen molar-refractivity contribution in [1.82, 2.24) is 10.0 Å². The molecule has 6 nitrogen and oxygen atoms in total. The van der Waals surface area contributed by atoms with E-state index in [0.29, 0.717) is 26.0 Å². The number of carbonyl (C=O) groups is 2. The summed E-state index contributed by atoms with van der Waals surface area (Å²) in [6, 6.07) is 5.90. The molecule has 156 valence electrons. The SMILES string of the molecule is CC(C)(CCC(=O)ON1CCCC1=O)OCCC(C)(C)SSc1ccccn1. The normalized spacial score (nSPS) is 15.1. The Hall–Kier alpha value is -1.25. The first-order valence-electron chi connectivity index (χ1n) is 9.59. The summed E-state index contributed by atoms with van der Waals surface area (Å²) in [5.41, 5.74) is -0.428. The van der Waals surface area contributed by atoms with Crippen molar-refractivity contribution < 1.29 is 19.2 Å². The highest BCUT2D eigenvalue weighted by molar-refractivity contribution is 8.77. The number of amides is 1. The van der Waals surface area contributed by atoms with Crippen molar-refractivity contribution in [2.45, 2.75) is 75.2 Å². The van der Waals surface area contributed by atoms with E-state index in [2.05, 4.69) is 18.8 Å². The fourth-order valence-electron chi connectivity index (χ4n) is 2.53. The van der Waals surface area contributed by atoms with Crippen molar-refractivity contribution in [2.75, 3.05) is 13.2 Å². The van der Waals surface area contributed by atoms with Gasteiger partial charge in [0.05, 0.1) is 18.6 Å². The third-order valence-electron chi connectivity index (χ3n) is 4.36. The molecule has 0 bridgehead atoms. The quantitative estimate of drug-likeness (QED) is 0.477. The Morgan fingerprint density at radius 1 is 1.25 bits per heavy atom. The van der Waals surface area contributed by atoms with Crippen LogP contribution in [0.25, 0.3) is 0 Å². The minimum atomic E-state index is -0.428. The molecule has 0 aromatic carbocycles. The van der Waals surface area contributed by atoms with Crippen LogP contribution in [0.4, 0.5) is 0 Å². The van der Waals surface area contributed by atoms with Gasteiger partial charge in [0.15, 0.2) is 0 Å². The molecule has 1 aliphatic heterocycles. The lowest BCUT2D eigenvalue weighted by molar-refractivity contribution is -0.193. The van der Waals surface area contributed by atoms with Gasteiger partial charge in [0.2, 0.25) is 0 Å². The lowest BCUT2D eigenvalue weighted by atomic mass is 10.0. The predicted molar refractivity (Wildman–Crippen MR) is 113 cm³/mol. The molecule has 0 atom stereocenters. The summed E-state index contributed by atoms with van der Waals surface area (Å²) < 4.78 is 6.07. The van der Waals surface area contributed by atoms with E-state index in [1.165, 1.54) is 5.06 Å². The van der Waals surface area contributed by atoms with Crippen LogP contribution >= 0.6 is 21.6 Å². The number of hydrogen-bond donors (Lipinski definition) is 0. The highest BCUT2D eigenvalue weighted by Crippen LogP contribution is 2.41. The largest absolute Gasteiger partial charge is 0.376 e. The van der Waals surface area contributed by atoms with Crippen molar-refractivity contribution in [2.24, 2.45) is 0 Å². The Balaban J connectivity index is 1.65. The van der Waals surface area contributed by atoms with Gasteiger partial charge in [-0.2, -0.15) is 5.06 Å². The first-order chi connectivity index (χ1) is 13.2. The molecule has 2 heterocycles. The lowest BCUT2D eigenvalue weighted by Gasteiger charge is -2.28. The number of rotatable bonds is 11. The van der Waals surface area contributed by atoms with E-state index in [4.69, 9.17) is 9.57 Å². The van der Waals surface area contributed by atoms with Gasteiger partial charge in [-0.25, -0.2) is 9.78 Å². The lowest BCUT2D eigenvalue weighted by Crippen LogP contribution is -2.31. The molecule has 1 saturated heterocycles.